The van der Waals surface area contributed by atoms with Gasteiger partial charge >= 0.3 is 6.03 Å². The maximum absolute atomic E-state index is 10.9. The Hall–Kier alpha value is -1.69. The number of hydroxylamine groups is 2. The first-order valence-electron chi connectivity index (χ1n) is 3.12. The summed E-state index contributed by atoms with van der Waals surface area (Å²) < 4.78 is 0. The summed E-state index contributed by atoms with van der Waals surface area (Å²) in [6, 6.07) is -0.697. The molecule has 0 aliphatic carbocycles. The van der Waals surface area contributed by atoms with Crippen LogP contribution >= 0.6 is 0 Å². The van der Waals surface area contributed by atoms with E-state index in [1.807, 2.05) is 5.32 Å². The standard InChI is InChI=1S/C6H7N3O3/c1-9(12)3-4-2-7-6(11)8-5(4)10/h2-3,12H,1H3,(H,8,10,11)/b4-3-. The Bertz CT molecular complexity index is 280. The molecule has 3 amide bonds. The Balaban J connectivity index is 2.86. The van der Waals surface area contributed by atoms with Gasteiger partial charge in [0.05, 0.1) is 5.57 Å². The molecule has 0 radical (unpaired) electrons. The lowest BCUT2D eigenvalue weighted by Gasteiger charge is -2.09. The van der Waals surface area contributed by atoms with E-state index in [1.165, 1.54) is 7.05 Å². The number of rotatable bonds is 1. The monoisotopic (exact) mass is 169 g/mol. The summed E-state index contributed by atoms with van der Waals surface area (Å²) in [7, 11) is 1.34. The van der Waals surface area contributed by atoms with E-state index < -0.39 is 11.9 Å². The highest BCUT2D eigenvalue weighted by atomic mass is 16.5. The molecule has 0 spiro atoms. The lowest BCUT2D eigenvalue weighted by molar-refractivity contribution is -0.116. The van der Waals surface area contributed by atoms with E-state index >= 15 is 0 Å². The van der Waals surface area contributed by atoms with Crippen LogP contribution < -0.4 is 5.32 Å². The average Bonchev–Trinajstić information content (AvgIpc) is 1.94. The van der Waals surface area contributed by atoms with E-state index in [2.05, 4.69) is 4.99 Å². The average molecular weight is 169 g/mol. The molecule has 0 aromatic heterocycles. The van der Waals surface area contributed by atoms with Crippen molar-refractivity contribution < 1.29 is 14.8 Å². The van der Waals surface area contributed by atoms with Crippen molar-refractivity contribution in [3.8, 4) is 0 Å². The van der Waals surface area contributed by atoms with Gasteiger partial charge in [-0.25, -0.2) is 9.79 Å². The maximum atomic E-state index is 10.9. The van der Waals surface area contributed by atoms with Crippen molar-refractivity contribution in [2.75, 3.05) is 7.05 Å². The molecule has 0 saturated carbocycles. The van der Waals surface area contributed by atoms with Crippen molar-refractivity contribution in [2.24, 2.45) is 4.99 Å². The Morgan fingerprint density at radius 1 is 1.67 bits per heavy atom. The van der Waals surface area contributed by atoms with E-state index in [1.54, 1.807) is 0 Å². The number of carbonyl (C=O) groups is 2. The van der Waals surface area contributed by atoms with Crippen molar-refractivity contribution in [2.45, 2.75) is 0 Å². The first kappa shape index (κ1) is 8.41. The predicted octanol–water partition coefficient (Wildman–Crippen LogP) is -0.488. The van der Waals surface area contributed by atoms with Gasteiger partial charge in [0.25, 0.3) is 5.91 Å². The first-order valence-corrected chi connectivity index (χ1v) is 3.12. The van der Waals surface area contributed by atoms with Gasteiger partial charge in [0.15, 0.2) is 0 Å². The third kappa shape index (κ3) is 1.89. The minimum Gasteiger partial charge on any atom is -0.289 e. The fourth-order valence-electron chi connectivity index (χ4n) is 0.682. The van der Waals surface area contributed by atoms with Gasteiger partial charge in [-0.1, -0.05) is 0 Å². The van der Waals surface area contributed by atoms with E-state index in [9.17, 15) is 9.59 Å². The van der Waals surface area contributed by atoms with Crippen LogP contribution in [0.4, 0.5) is 4.79 Å². The highest BCUT2D eigenvalue weighted by molar-refractivity contribution is 6.21. The number of nitrogens with zero attached hydrogens (tertiary/aromatic N) is 2. The van der Waals surface area contributed by atoms with Gasteiger partial charge in [0.1, 0.15) is 0 Å². The number of nitrogens with one attached hydrogen (secondary N) is 1. The fraction of sp³-hybridized carbons (Fsp3) is 0.167. The summed E-state index contributed by atoms with van der Waals surface area (Å²) in [5.74, 6) is -0.573. The van der Waals surface area contributed by atoms with Crippen LogP contribution in [-0.2, 0) is 4.79 Å². The predicted molar refractivity (Wildman–Crippen MR) is 39.7 cm³/mol. The molecule has 1 heterocycles. The molecule has 6 nitrogen and oxygen atoms in total. The van der Waals surface area contributed by atoms with Crippen molar-refractivity contribution in [3.05, 3.63) is 11.8 Å². The molecule has 0 aromatic carbocycles. The lowest BCUT2D eigenvalue weighted by atomic mass is 10.3. The molecule has 6 heteroatoms. The number of amides is 3. The van der Waals surface area contributed by atoms with Crippen LogP contribution in [0.2, 0.25) is 0 Å². The van der Waals surface area contributed by atoms with Gasteiger partial charge in [0, 0.05) is 19.5 Å². The second kappa shape index (κ2) is 3.14. The molecule has 64 valence electrons. The normalized spacial score (nSPS) is 19.7. The van der Waals surface area contributed by atoms with Crippen LogP contribution in [0.3, 0.4) is 0 Å². The highest BCUT2D eigenvalue weighted by Gasteiger charge is 2.16. The zero-order chi connectivity index (χ0) is 9.14. The fourth-order valence-corrected chi connectivity index (χ4v) is 0.682. The van der Waals surface area contributed by atoms with Crippen molar-refractivity contribution in [1.82, 2.24) is 10.4 Å². The van der Waals surface area contributed by atoms with Crippen LogP contribution in [0.1, 0.15) is 0 Å². The second-order valence-electron chi connectivity index (χ2n) is 2.18. The van der Waals surface area contributed by atoms with Crippen LogP contribution in [0, 0.1) is 0 Å². The molecule has 0 bridgehead atoms. The van der Waals surface area contributed by atoms with Crippen molar-refractivity contribution in [3.63, 3.8) is 0 Å². The third-order valence-electron chi connectivity index (χ3n) is 1.13. The first-order chi connectivity index (χ1) is 5.59. The maximum Gasteiger partial charge on any atom is 0.347 e. The number of hydrogen-bond donors (Lipinski definition) is 2. The van der Waals surface area contributed by atoms with Crippen LogP contribution in [0.25, 0.3) is 0 Å². The van der Waals surface area contributed by atoms with Gasteiger partial charge in [-0.3, -0.25) is 20.4 Å². The summed E-state index contributed by atoms with van der Waals surface area (Å²) >= 11 is 0. The third-order valence-corrected chi connectivity index (χ3v) is 1.13. The van der Waals surface area contributed by atoms with Crippen molar-refractivity contribution >= 4 is 18.2 Å². The minimum atomic E-state index is -0.697. The Kier molecular flexibility index (Phi) is 2.20. The second-order valence-corrected chi connectivity index (χ2v) is 2.18. The molecule has 0 fully saturated rings. The Morgan fingerprint density at radius 2 is 2.33 bits per heavy atom. The van der Waals surface area contributed by atoms with Gasteiger partial charge < -0.3 is 0 Å². The summed E-state index contributed by atoms with van der Waals surface area (Å²) in [5, 5.41) is 11.4. The topological polar surface area (TPSA) is 82.0 Å². The molecule has 0 saturated heterocycles. The van der Waals surface area contributed by atoms with Gasteiger partial charge in [0.2, 0.25) is 0 Å². The number of hydrogen-bond acceptors (Lipinski definition) is 4. The summed E-state index contributed by atoms with van der Waals surface area (Å²) in [6.45, 7) is 0. The molecule has 0 unspecified atom stereocenters. The molecule has 1 rings (SSSR count). The molecule has 2 N–H and O–H groups in total. The van der Waals surface area contributed by atoms with Crippen LogP contribution in [0.15, 0.2) is 16.8 Å². The number of carbonyl (C=O) groups excluding carboxylic acids is 2. The largest absolute Gasteiger partial charge is 0.347 e. The molecular weight excluding hydrogens is 162 g/mol. The summed E-state index contributed by atoms with van der Waals surface area (Å²) in [6.07, 6.45) is 2.24. The van der Waals surface area contributed by atoms with E-state index in [0.717, 1.165) is 12.4 Å². The summed E-state index contributed by atoms with van der Waals surface area (Å²) in [4.78, 5) is 24.7. The zero-order valence-electron chi connectivity index (χ0n) is 6.31. The molecule has 1 aliphatic rings. The summed E-state index contributed by atoms with van der Waals surface area (Å²) in [5.41, 5.74) is 0.125. The smallest absolute Gasteiger partial charge is 0.289 e. The molecule has 0 atom stereocenters. The van der Waals surface area contributed by atoms with Crippen LogP contribution in [-0.4, -0.2) is 35.5 Å². The van der Waals surface area contributed by atoms with Gasteiger partial charge in [-0.15, -0.1) is 0 Å². The lowest BCUT2D eigenvalue weighted by Crippen LogP contribution is -2.34. The van der Waals surface area contributed by atoms with Gasteiger partial charge in [-0.05, 0) is 0 Å². The van der Waals surface area contributed by atoms with E-state index in [-0.39, 0.29) is 5.57 Å². The Morgan fingerprint density at radius 3 is 2.83 bits per heavy atom. The quantitative estimate of drug-likeness (QED) is 0.410. The molecule has 1 aliphatic heterocycles. The number of aliphatic imine (C=N–C) groups is 1. The van der Waals surface area contributed by atoms with Crippen LogP contribution in [0.5, 0.6) is 0 Å². The number of imide groups is 1. The van der Waals surface area contributed by atoms with E-state index in [4.69, 9.17) is 5.21 Å². The molecule has 12 heavy (non-hydrogen) atoms. The SMILES string of the molecule is CN(O)/C=C1/C=NC(=O)NC1=O. The number of urea groups is 1. The highest BCUT2D eigenvalue weighted by Crippen LogP contribution is 1.97. The zero-order valence-corrected chi connectivity index (χ0v) is 6.31. The minimum absolute atomic E-state index is 0.125. The van der Waals surface area contributed by atoms with Crippen molar-refractivity contribution in [1.29, 1.82) is 0 Å². The molecule has 0 aromatic rings. The Labute approximate surface area is 68.1 Å². The van der Waals surface area contributed by atoms with Gasteiger partial charge in [-0.2, -0.15) is 0 Å². The molecular formula is C6H7N3O3. The van der Waals surface area contributed by atoms with E-state index in [0.29, 0.717) is 5.06 Å².